The lowest BCUT2D eigenvalue weighted by Crippen LogP contribution is -2.38. The first kappa shape index (κ1) is 15.3. The van der Waals surface area contributed by atoms with Gasteiger partial charge in [0.15, 0.2) is 0 Å². The van der Waals surface area contributed by atoms with Gasteiger partial charge in [0.25, 0.3) is 0 Å². The van der Waals surface area contributed by atoms with Gasteiger partial charge < -0.3 is 15.3 Å². The lowest BCUT2D eigenvalue weighted by Gasteiger charge is -2.17. The van der Waals surface area contributed by atoms with Crippen LogP contribution < -0.4 is 5.32 Å². The maximum Gasteiger partial charge on any atom is 0.317 e. The minimum Gasteiger partial charge on any atom is -0.508 e. The quantitative estimate of drug-likeness (QED) is 0.912. The number of benzene rings is 1. The van der Waals surface area contributed by atoms with Gasteiger partial charge in [0, 0.05) is 32.0 Å². The normalized spacial score (nSPS) is 17.2. The van der Waals surface area contributed by atoms with E-state index in [1.165, 1.54) is 0 Å². The largest absolute Gasteiger partial charge is 0.508 e. The second-order valence-electron chi connectivity index (χ2n) is 5.99. The standard InChI is InChI=1S/C18H21N3O2/c22-17-5-1-3-14(10-17)9-15-6-8-21(13-15)18(23)20-12-16-4-2-7-19-11-16/h1-5,7,10-11,15,22H,6,8-9,12-13H2,(H,20,23). The number of carbonyl (C=O) groups excluding carboxylic acids is 1. The maximum atomic E-state index is 12.2. The molecule has 1 fully saturated rings. The molecule has 23 heavy (non-hydrogen) atoms. The second kappa shape index (κ2) is 7.13. The summed E-state index contributed by atoms with van der Waals surface area (Å²) in [5.41, 5.74) is 2.11. The first-order chi connectivity index (χ1) is 11.2. The third-order valence-electron chi connectivity index (χ3n) is 4.17. The van der Waals surface area contributed by atoms with Gasteiger partial charge >= 0.3 is 6.03 Å². The van der Waals surface area contributed by atoms with Crippen LogP contribution in [0, 0.1) is 5.92 Å². The highest BCUT2D eigenvalue weighted by Crippen LogP contribution is 2.22. The summed E-state index contributed by atoms with van der Waals surface area (Å²) in [6, 6.07) is 11.1. The molecule has 2 aromatic rings. The summed E-state index contributed by atoms with van der Waals surface area (Å²) in [4.78, 5) is 18.1. The molecular formula is C18H21N3O2. The molecule has 2 N–H and O–H groups in total. The number of carbonyl (C=O) groups is 1. The van der Waals surface area contributed by atoms with Gasteiger partial charge in [0.05, 0.1) is 0 Å². The molecule has 0 bridgehead atoms. The molecule has 5 nitrogen and oxygen atoms in total. The fourth-order valence-corrected chi connectivity index (χ4v) is 2.99. The first-order valence-electron chi connectivity index (χ1n) is 7.90. The summed E-state index contributed by atoms with van der Waals surface area (Å²) < 4.78 is 0. The zero-order valence-corrected chi connectivity index (χ0v) is 13.0. The summed E-state index contributed by atoms with van der Waals surface area (Å²) in [5.74, 6) is 0.743. The highest BCUT2D eigenvalue weighted by Gasteiger charge is 2.26. The first-order valence-corrected chi connectivity index (χ1v) is 7.90. The molecule has 120 valence electrons. The number of phenolic OH excluding ortho intramolecular Hbond substituents is 1. The summed E-state index contributed by atoms with van der Waals surface area (Å²) >= 11 is 0. The van der Waals surface area contributed by atoms with Crippen LogP contribution in [0.4, 0.5) is 4.79 Å². The monoisotopic (exact) mass is 311 g/mol. The second-order valence-corrected chi connectivity index (χ2v) is 5.99. The number of aromatic hydroxyl groups is 1. The van der Waals surface area contributed by atoms with Gasteiger partial charge in [-0.15, -0.1) is 0 Å². The Bertz CT molecular complexity index is 660. The van der Waals surface area contributed by atoms with Gasteiger partial charge in [-0.05, 0) is 48.1 Å². The molecule has 1 aliphatic rings. The van der Waals surface area contributed by atoms with Gasteiger partial charge in [-0.1, -0.05) is 18.2 Å². The van der Waals surface area contributed by atoms with Crippen molar-refractivity contribution in [1.29, 1.82) is 0 Å². The van der Waals surface area contributed by atoms with Crippen LogP contribution in [0.3, 0.4) is 0 Å². The van der Waals surface area contributed by atoms with Crippen molar-refractivity contribution in [2.24, 2.45) is 5.92 Å². The van der Waals surface area contributed by atoms with Crippen LogP contribution >= 0.6 is 0 Å². The third-order valence-corrected chi connectivity index (χ3v) is 4.17. The fourth-order valence-electron chi connectivity index (χ4n) is 2.99. The molecule has 1 saturated heterocycles. The Hall–Kier alpha value is -2.56. The molecule has 0 saturated carbocycles. The minimum absolute atomic E-state index is 0.0211. The van der Waals surface area contributed by atoms with E-state index in [0.717, 1.165) is 37.1 Å². The number of urea groups is 1. The molecule has 1 aromatic heterocycles. The van der Waals surface area contributed by atoms with Crippen molar-refractivity contribution >= 4 is 6.03 Å². The molecule has 5 heteroatoms. The number of phenols is 1. The Morgan fingerprint density at radius 2 is 2.17 bits per heavy atom. The highest BCUT2D eigenvalue weighted by molar-refractivity contribution is 5.74. The number of aromatic nitrogens is 1. The van der Waals surface area contributed by atoms with E-state index in [0.29, 0.717) is 18.2 Å². The van der Waals surface area contributed by atoms with E-state index in [4.69, 9.17) is 0 Å². The van der Waals surface area contributed by atoms with Gasteiger partial charge in [-0.2, -0.15) is 0 Å². The smallest absolute Gasteiger partial charge is 0.317 e. The summed E-state index contributed by atoms with van der Waals surface area (Å²) in [7, 11) is 0. The number of nitrogens with zero attached hydrogens (tertiary/aromatic N) is 2. The average molecular weight is 311 g/mol. The van der Waals surface area contributed by atoms with Crippen LogP contribution in [0.5, 0.6) is 5.75 Å². The van der Waals surface area contributed by atoms with Crippen LogP contribution in [0.25, 0.3) is 0 Å². The molecule has 2 heterocycles. The summed E-state index contributed by atoms with van der Waals surface area (Å²) in [6.07, 6.45) is 5.36. The van der Waals surface area contributed by atoms with E-state index in [9.17, 15) is 9.90 Å². The van der Waals surface area contributed by atoms with Crippen molar-refractivity contribution in [2.45, 2.75) is 19.4 Å². The fraction of sp³-hybridized carbons (Fsp3) is 0.333. The van der Waals surface area contributed by atoms with Crippen molar-refractivity contribution < 1.29 is 9.90 Å². The van der Waals surface area contributed by atoms with E-state index >= 15 is 0 Å². The van der Waals surface area contributed by atoms with Crippen LogP contribution in [0.1, 0.15) is 17.5 Å². The van der Waals surface area contributed by atoms with E-state index in [1.807, 2.05) is 29.2 Å². The predicted molar refractivity (Wildman–Crippen MR) is 88.0 cm³/mol. The van der Waals surface area contributed by atoms with Crippen LogP contribution in [-0.4, -0.2) is 34.1 Å². The molecule has 1 unspecified atom stereocenters. The zero-order valence-electron chi connectivity index (χ0n) is 13.0. The topological polar surface area (TPSA) is 65.5 Å². The van der Waals surface area contributed by atoms with Crippen molar-refractivity contribution in [2.75, 3.05) is 13.1 Å². The number of hydrogen-bond acceptors (Lipinski definition) is 3. The Morgan fingerprint density at radius 3 is 2.96 bits per heavy atom. The van der Waals surface area contributed by atoms with Gasteiger partial charge in [-0.25, -0.2) is 4.79 Å². The van der Waals surface area contributed by atoms with Gasteiger partial charge in [0.1, 0.15) is 5.75 Å². The van der Waals surface area contributed by atoms with Crippen molar-refractivity contribution in [3.05, 3.63) is 59.9 Å². The maximum absolute atomic E-state index is 12.2. The molecule has 1 aliphatic heterocycles. The Balaban J connectivity index is 1.48. The molecule has 1 aromatic carbocycles. The average Bonchev–Trinajstić information content (AvgIpc) is 3.02. The molecule has 1 atom stereocenters. The number of pyridine rings is 1. The summed E-state index contributed by atoms with van der Waals surface area (Å²) in [5, 5.41) is 12.5. The molecule has 3 rings (SSSR count). The Kier molecular flexibility index (Phi) is 4.76. The number of hydrogen-bond donors (Lipinski definition) is 2. The van der Waals surface area contributed by atoms with Crippen molar-refractivity contribution in [3.8, 4) is 5.75 Å². The van der Waals surface area contributed by atoms with Gasteiger partial charge in [-0.3, -0.25) is 4.98 Å². The van der Waals surface area contributed by atoms with Crippen molar-refractivity contribution in [1.82, 2.24) is 15.2 Å². The van der Waals surface area contributed by atoms with Gasteiger partial charge in [0.2, 0.25) is 0 Å². The lowest BCUT2D eigenvalue weighted by atomic mass is 9.99. The van der Waals surface area contributed by atoms with E-state index in [-0.39, 0.29) is 6.03 Å². The molecule has 0 aliphatic carbocycles. The van der Waals surface area contributed by atoms with Crippen LogP contribution in [0.2, 0.25) is 0 Å². The number of rotatable bonds is 4. The SMILES string of the molecule is O=C(NCc1cccnc1)N1CCC(Cc2cccc(O)c2)C1. The van der Waals surface area contributed by atoms with Crippen molar-refractivity contribution in [3.63, 3.8) is 0 Å². The Labute approximate surface area is 136 Å². The Morgan fingerprint density at radius 1 is 1.30 bits per heavy atom. The predicted octanol–water partition coefficient (Wildman–Crippen LogP) is 2.56. The minimum atomic E-state index is -0.0211. The number of nitrogens with one attached hydrogen (secondary N) is 1. The van der Waals surface area contributed by atoms with E-state index in [2.05, 4.69) is 10.3 Å². The number of likely N-dealkylation sites (tertiary alicyclic amines) is 1. The molecule has 0 spiro atoms. The highest BCUT2D eigenvalue weighted by atomic mass is 16.3. The zero-order chi connectivity index (χ0) is 16.1. The third kappa shape index (κ3) is 4.22. The van der Waals surface area contributed by atoms with E-state index < -0.39 is 0 Å². The molecule has 0 radical (unpaired) electrons. The lowest BCUT2D eigenvalue weighted by molar-refractivity contribution is 0.206. The number of amides is 2. The van der Waals surface area contributed by atoms with E-state index in [1.54, 1.807) is 24.5 Å². The molecule has 2 amide bonds. The molecular weight excluding hydrogens is 290 g/mol. The summed E-state index contributed by atoms with van der Waals surface area (Å²) in [6.45, 7) is 2.04. The van der Waals surface area contributed by atoms with Crippen LogP contribution in [0.15, 0.2) is 48.8 Å². The van der Waals surface area contributed by atoms with Crippen LogP contribution in [-0.2, 0) is 13.0 Å².